The van der Waals surface area contributed by atoms with Gasteiger partial charge in [-0.2, -0.15) is 0 Å². The molecule has 114 valence electrons. The summed E-state index contributed by atoms with van der Waals surface area (Å²) in [5.41, 5.74) is 2.45. The molecule has 2 aliphatic heterocycles. The number of amides is 1. The third-order valence-corrected chi connectivity index (χ3v) is 6.01. The Bertz CT molecular complexity index is 628. The molecule has 3 rings (SSSR count). The molecule has 2 N–H and O–H groups in total. The van der Waals surface area contributed by atoms with E-state index < -0.39 is 9.84 Å². The van der Waals surface area contributed by atoms with Crippen LogP contribution in [0.4, 0.5) is 0 Å². The molecule has 5 nitrogen and oxygen atoms in total. The molecular formula is C15H20N2O3S. The molecule has 1 amide bonds. The largest absolute Gasteiger partial charge is 0.352 e. The number of fused-ring (bicyclic) bond motifs is 1. The van der Waals surface area contributed by atoms with Gasteiger partial charge >= 0.3 is 0 Å². The van der Waals surface area contributed by atoms with Crippen molar-refractivity contribution in [2.75, 3.05) is 11.5 Å². The smallest absolute Gasteiger partial charge is 0.237 e. The minimum absolute atomic E-state index is 0.0139. The van der Waals surface area contributed by atoms with Crippen molar-refractivity contribution in [1.29, 1.82) is 0 Å². The monoisotopic (exact) mass is 308 g/mol. The van der Waals surface area contributed by atoms with Gasteiger partial charge in [-0.05, 0) is 30.4 Å². The van der Waals surface area contributed by atoms with E-state index in [-0.39, 0.29) is 29.5 Å². The van der Waals surface area contributed by atoms with Gasteiger partial charge in [0.05, 0.1) is 17.5 Å². The molecule has 0 bridgehead atoms. The number of hydrogen-bond donors (Lipinski definition) is 2. The lowest BCUT2D eigenvalue weighted by Gasteiger charge is -2.29. The fourth-order valence-corrected chi connectivity index (χ4v) is 4.47. The topological polar surface area (TPSA) is 75.3 Å². The molecule has 0 saturated carbocycles. The minimum atomic E-state index is -2.88. The summed E-state index contributed by atoms with van der Waals surface area (Å²) in [6.45, 7) is 0.702. The molecule has 1 aromatic carbocycles. The van der Waals surface area contributed by atoms with E-state index in [1.165, 1.54) is 11.1 Å². The summed E-state index contributed by atoms with van der Waals surface area (Å²) in [7, 11) is -2.88. The van der Waals surface area contributed by atoms with Gasteiger partial charge in [0.2, 0.25) is 5.91 Å². The van der Waals surface area contributed by atoms with Crippen LogP contribution < -0.4 is 10.6 Å². The zero-order valence-electron chi connectivity index (χ0n) is 11.8. The second-order valence-corrected chi connectivity index (χ2v) is 8.14. The number of nitrogens with one attached hydrogen (secondary N) is 2. The first-order valence-electron chi connectivity index (χ1n) is 7.34. The van der Waals surface area contributed by atoms with Crippen molar-refractivity contribution in [3.05, 3.63) is 35.4 Å². The van der Waals surface area contributed by atoms with Gasteiger partial charge in [-0.3, -0.25) is 4.79 Å². The molecule has 0 radical (unpaired) electrons. The van der Waals surface area contributed by atoms with E-state index in [0.29, 0.717) is 25.8 Å². The van der Waals surface area contributed by atoms with Crippen LogP contribution in [0.15, 0.2) is 24.3 Å². The lowest BCUT2D eigenvalue weighted by Crippen LogP contribution is -2.51. The number of hydrogen-bond acceptors (Lipinski definition) is 4. The van der Waals surface area contributed by atoms with Gasteiger partial charge in [0, 0.05) is 12.6 Å². The lowest BCUT2D eigenvalue weighted by atomic mass is 9.95. The summed E-state index contributed by atoms with van der Waals surface area (Å²) in [6.07, 6.45) is 1.74. The van der Waals surface area contributed by atoms with Gasteiger partial charge < -0.3 is 10.6 Å². The van der Waals surface area contributed by atoms with Crippen LogP contribution in [-0.4, -0.2) is 37.9 Å². The summed E-state index contributed by atoms with van der Waals surface area (Å²) in [5.74, 6) is 0.339. The van der Waals surface area contributed by atoms with E-state index >= 15 is 0 Å². The molecule has 1 fully saturated rings. The minimum Gasteiger partial charge on any atom is -0.352 e. The zero-order valence-corrected chi connectivity index (χ0v) is 12.7. The van der Waals surface area contributed by atoms with Crippen LogP contribution in [0, 0.1) is 0 Å². The number of sulfone groups is 1. The van der Waals surface area contributed by atoms with Gasteiger partial charge in [-0.15, -0.1) is 0 Å². The maximum atomic E-state index is 12.3. The SMILES string of the molecule is O=C(NC1CCS(=O)(=O)CC1)[C@@H]1Cc2ccccc2CN1. The van der Waals surface area contributed by atoms with Gasteiger partial charge in [-0.25, -0.2) is 8.42 Å². The summed E-state index contributed by atoms with van der Waals surface area (Å²) in [6, 6.07) is 7.89. The Morgan fingerprint density at radius 2 is 1.81 bits per heavy atom. The van der Waals surface area contributed by atoms with E-state index in [1.54, 1.807) is 0 Å². The van der Waals surface area contributed by atoms with E-state index in [2.05, 4.69) is 22.8 Å². The fourth-order valence-electron chi connectivity index (χ4n) is 2.98. The Hall–Kier alpha value is -1.40. The molecule has 1 saturated heterocycles. The Morgan fingerprint density at radius 1 is 1.14 bits per heavy atom. The summed E-state index contributed by atoms with van der Waals surface area (Å²) in [4.78, 5) is 12.3. The first-order chi connectivity index (χ1) is 10.0. The number of benzene rings is 1. The third-order valence-electron chi connectivity index (χ3n) is 4.30. The fraction of sp³-hybridized carbons (Fsp3) is 0.533. The molecule has 2 aliphatic rings. The van der Waals surface area contributed by atoms with Crippen LogP contribution >= 0.6 is 0 Å². The van der Waals surface area contributed by atoms with Crippen LogP contribution in [0.3, 0.4) is 0 Å². The third kappa shape index (κ3) is 3.44. The zero-order chi connectivity index (χ0) is 14.9. The number of rotatable bonds is 2. The van der Waals surface area contributed by atoms with Crippen molar-refractivity contribution in [3.63, 3.8) is 0 Å². The van der Waals surface area contributed by atoms with Crippen LogP contribution in [0.25, 0.3) is 0 Å². The van der Waals surface area contributed by atoms with Gasteiger partial charge in [0.25, 0.3) is 0 Å². The Labute approximate surface area is 125 Å². The normalized spacial score (nSPS) is 25.0. The van der Waals surface area contributed by atoms with Gasteiger partial charge in [0.1, 0.15) is 9.84 Å². The van der Waals surface area contributed by atoms with Crippen molar-refractivity contribution in [2.24, 2.45) is 0 Å². The van der Waals surface area contributed by atoms with Crippen molar-refractivity contribution in [1.82, 2.24) is 10.6 Å². The number of carbonyl (C=O) groups excluding carboxylic acids is 1. The van der Waals surface area contributed by atoms with Crippen LogP contribution in [0.1, 0.15) is 24.0 Å². The summed E-state index contributed by atoms with van der Waals surface area (Å²) in [5, 5.41) is 6.24. The maximum absolute atomic E-state index is 12.3. The Morgan fingerprint density at radius 3 is 2.52 bits per heavy atom. The van der Waals surface area contributed by atoms with Crippen molar-refractivity contribution < 1.29 is 13.2 Å². The van der Waals surface area contributed by atoms with Crippen molar-refractivity contribution >= 4 is 15.7 Å². The molecule has 0 aromatic heterocycles. The van der Waals surface area contributed by atoms with E-state index in [0.717, 1.165) is 0 Å². The Kier molecular flexibility index (Phi) is 3.99. The highest BCUT2D eigenvalue weighted by atomic mass is 32.2. The molecule has 6 heteroatoms. The maximum Gasteiger partial charge on any atom is 0.237 e. The first-order valence-corrected chi connectivity index (χ1v) is 9.16. The number of carbonyl (C=O) groups is 1. The molecule has 0 aliphatic carbocycles. The second kappa shape index (κ2) is 5.77. The predicted molar refractivity (Wildman–Crippen MR) is 80.6 cm³/mol. The highest BCUT2D eigenvalue weighted by molar-refractivity contribution is 7.91. The molecule has 1 aromatic rings. The lowest BCUT2D eigenvalue weighted by molar-refractivity contribution is -0.124. The van der Waals surface area contributed by atoms with E-state index in [9.17, 15) is 13.2 Å². The predicted octanol–water partition coefficient (Wildman–Crippen LogP) is 0.394. The van der Waals surface area contributed by atoms with E-state index in [1.807, 2.05) is 12.1 Å². The molecule has 1 atom stereocenters. The first kappa shape index (κ1) is 14.5. The van der Waals surface area contributed by atoms with Crippen LogP contribution in [0.2, 0.25) is 0 Å². The highest BCUT2D eigenvalue weighted by Gasteiger charge is 2.28. The van der Waals surface area contributed by atoms with Crippen LogP contribution in [-0.2, 0) is 27.6 Å². The van der Waals surface area contributed by atoms with Crippen LogP contribution in [0.5, 0.6) is 0 Å². The molecule has 0 unspecified atom stereocenters. The standard InChI is InChI=1S/C15H20N2O3S/c18-15(17-13-5-7-21(19,20)8-6-13)14-9-11-3-1-2-4-12(11)10-16-14/h1-4,13-14,16H,5-10H2,(H,17,18)/t14-/m0/s1. The molecule has 21 heavy (non-hydrogen) atoms. The van der Waals surface area contributed by atoms with E-state index in [4.69, 9.17) is 0 Å². The van der Waals surface area contributed by atoms with Crippen molar-refractivity contribution in [2.45, 2.75) is 37.9 Å². The Balaban J connectivity index is 1.58. The molecular weight excluding hydrogens is 288 g/mol. The highest BCUT2D eigenvalue weighted by Crippen LogP contribution is 2.17. The quantitative estimate of drug-likeness (QED) is 0.829. The summed E-state index contributed by atoms with van der Waals surface area (Å²) < 4.78 is 22.8. The van der Waals surface area contributed by atoms with Gasteiger partial charge in [-0.1, -0.05) is 24.3 Å². The molecule has 2 heterocycles. The molecule has 0 spiro atoms. The van der Waals surface area contributed by atoms with Crippen molar-refractivity contribution in [3.8, 4) is 0 Å². The summed E-state index contributed by atoms with van der Waals surface area (Å²) >= 11 is 0. The average Bonchev–Trinajstić information content (AvgIpc) is 2.49. The second-order valence-electron chi connectivity index (χ2n) is 5.84. The van der Waals surface area contributed by atoms with Gasteiger partial charge in [0.15, 0.2) is 0 Å². The average molecular weight is 308 g/mol.